The lowest BCUT2D eigenvalue weighted by molar-refractivity contribution is -0.0605. The highest BCUT2D eigenvalue weighted by atomic mass is 16.5. The first kappa shape index (κ1) is 20.9. The molecule has 0 radical (unpaired) electrons. The molecule has 2 saturated carbocycles. The minimum atomic E-state index is -0.372. The van der Waals surface area contributed by atoms with Gasteiger partial charge in [-0.05, 0) is 81.0 Å². The molecule has 0 unspecified atom stereocenters. The van der Waals surface area contributed by atoms with Gasteiger partial charge in [0.25, 0.3) is 0 Å². The van der Waals surface area contributed by atoms with Gasteiger partial charge >= 0.3 is 0 Å². The minimum absolute atomic E-state index is 0.254. The van der Waals surface area contributed by atoms with Crippen LogP contribution in [0.4, 0.5) is 5.82 Å². The quantitative estimate of drug-likeness (QED) is 0.635. The van der Waals surface area contributed by atoms with E-state index < -0.39 is 0 Å². The average Bonchev–Trinajstić information content (AvgIpc) is 3.14. The van der Waals surface area contributed by atoms with Crippen LogP contribution in [0.2, 0.25) is 0 Å². The van der Waals surface area contributed by atoms with E-state index in [0.29, 0.717) is 23.3 Å². The topological polar surface area (TPSA) is 67.1 Å². The fourth-order valence-corrected chi connectivity index (χ4v) is 7.10. The summed E-state index contributed by atoms with van der Waals surface area (Å²) in [4.78, 5) is 13.1. The van der Waals surface area contributed by atoms with Gasteiger partial charge in [-0.25, -0.2) is 20.0 Å². The second kappa shape index (κ2) is 7.03. The number of imidazole rings is 1. The highest BCUT2D eigenvalue weighted by molar-refractivity contribution is 5.83. The summed E-state index contributed by atoms with van der Waals surface area (Å²) in [6.07, 6.45) is 12.5. The standard InChI is InChI=1S/C25H37N5O/c1-17-7-6-8-19-24(17,4)10-9-18(2)25(19,5)12-11-23(3)13-14-29-16-28-21-20(29)22(30(23)31)27-15-26-21/h15-16,18-19,31H,1,6-14H2,2-5H3/t18-,19+,23+,24-,25+/m1/s1. The minimum Gasteiger partial charge on any atom is -0.326 e. The Morgan fingerprint density at radius 1 is 1.13 bits per heavy atom. The van der Waals surface area contributed by atoms with E-state index in [1.54, 1.807) is 0 Å². The number of rotatable bonds is 3. The lowest BCUT2D eigenvalue weighted by Gasteiger charge is -2.59. The Labute approximate surface area is 185 Å². The van der Waals surface area contributed by atoms with Crippen molar-refractivity contribution < 1.29 is 5.21 Å². The second-order valence-electron chi connectivity index (χ2n) is 11.3. The van der Waals surface area contributed by atoms with Crippen molar-refractivity contribution >= 4 is 17.0 Å². The molecule has 168 valence electrons. The number of allylic oxidation sites excluding steroid dienone is 1. The number of hydroxylamine groups is 1. The molecule has 2 aromatic heterocycles. The molecule has 0 saturated heterocycles. The molecular formula is C25H37N5O. The Morgan fingerprint density at radius 3 is 2.74 bits per heavy atom. The summed E-state index contributed by atoms with van der Waals surface area (Å²) < 4.78 is 2.09. The lowest BCUT2D eigenvalue weighted by atomic mass is 9.46. The van der Waals surface area contributed by atoms with Gasteiger partial charge in [-0.15, -0.1) is 0 Å². The van der Waals surface area contributed by atoms with Crippen molar-refractivity contribution in [3.8, 4) is 0 Å². The molecule has 5 rings (SSSR count). The van der Waals surface area contributed by atoms with Gasteiger partial charge < -0.3 is 4.57 Å². The predicted molar refractivity (Wildman–Crippen MR) is 123 cm³/mol. The van der Waals surface area contributed by atoms with Gasteiger partial charge in [0.2, 0.25) is 0 Å². The van der Waals surface area contributed by atoms with E-state index in [1.807, 2.05) is 6.33 Å². The number of hydrogen-bond donors (Lipinski definition) is 1. The molecule has 3 heterocycles. The largest absolute Gasteiger partial charge is 0.326 e. The zero-order valence-corrected chi connectivity index (χ0v) is 19.6. The Bertz CT molecular complexity index is 1020. The number of anilines is 1. The number of nitrogens with zero attached hydrogens (tertiary/aromatic N) is 5. The van der Waals surface area contributed by atoms with E-state index in [-0.39, 0.29) is 16.4 Å². The van der Waals surface area contributed by atoms with E-state index >= 15 is 0 Å². The maximum atomic E-state index is 11.4. The summed E-state index contributed by atoms with van der Waals surface area (Å²) in [5.74, 6) is 1.94. The monoisotopic (exact) mass is 423 g/mol. The fourth-order valence-electron chi connectivity index (χ4n) is 7.10. The van der Waals surface area contributed by atoms with Crippen molar-refractivity contribution in [1.82, 2.24) is 19.5 Å². The van der Waals surface area contributed by atoms with Gasteiger partial charge in [-0.3, -0.25) is 5.21 Å². The van der Waals surface area contributed by atoms with Gasteiger partial charge in [0.1, 0.15) is 11.8 Å². The van der Waals surface area contributed by atoms with Crippen molar-refractivity contribution in [1.29, 1.82) is 0 Å². The third-order valence-corrected chi connectivity index (χ3v) is 9.76. The molecule has 2 aliphatic carbocycles. The second-order valence-corrected chi connectivity index (χ2v) is 11.3. The van der Waals surface area contributed by atoms with E-state index in [9.17, 15) is 5.21 Å². The van der Waals surface area contributed by atoms with Gasteiger partial charge in [0, 0.05) is 6.54 Å². The van der Waals surface area contributed by atoms with Crippen LogP contribution >= 0.6 is 0 Å². The molecule has 3 aliphatic rings. The third kappa shape index (κ3) is 2.97. The molecule has 6 nitrogen and oxygen atoms in total. The van der Waals surface area contributed by atoms with Crippen molar-refractivity contribution in [2.45, 2.75) is 91.1 Å². The van der Waals surface area contributed by atoms with Gasteiger partial charge in [-0.1, -0.05) is 32.9 Å². The molecule has 0 aromatic carbocycles. The SMILES string of the molecule is C=C1CCC[C@@H]2[C@@](C)(CC[C@@]3(C)CCn4cnc5ncnc(c54)N3O)[C@H](C)CC[C@]12C. The molecule has 0 amide bonds. The lowest BCUT2D eigenvalue weighted by Crippen LogP contribution is -2.52. The highest BCUT2D eigenvalue weighted by Crippen LogP contribution is 2.63. The molecular weight excluding hydrogens is 386 g/mol. The highest BCUT2D eigenvalue weighted by Gasteiger charge is 2.54. The Morgan fingerprint density at radius 2 is 1.94 bits per heavy atom. The Kier molecular flexibility index (Phi) is 4.74. The summed E-state index contributed by atoms with van der Waals surface area (Å²) in [6.45, 7) is 15.0. The van der Waals surface area contributed by atoms with Crippen LogP contribution in [-0.4, -0.2) is 30.3 Å². The van der Waals surface area contributed by atoms with Crippen molar-refractivity contribution in [3.05, 3.63) is 24.8 Å². The zero-order valence-electron chi connectivity index (χ0n) is 19.6. The summed E-state index contributed by atoms with van der Waals surface area (Å²) in [6, 6.07) is 0. The van der Waals surface area contributed by atoms with Gasteiger partial charge in [0.05, 0.1) is 11.9 Å². The molecule has 1 aliphatic heterocycles. The van der Waals surface area contributed by atoms with Gasteiger partial charge in [0.15, 0.2) is 11.5 Å². The molecule has 2 aromatic rings. The van der Waals surface area contributed by atoms with E-state index in [2.05, 4.69) is 53.8 Å². The molecule has 5 atom stereocenters. The molecule has 2 fully saturated rings. The van der Waals surface area contributed by atoms with Crippen LogP contribution in [0.3, 0.4) is 0 Å². The summed E-state index contributed by atoms with van der Waals surface area (Å²) in [5, 5.41) is 12.8. The number of aryl methyl sites for hydroxylation is 1. The van der Waals surface area contributed by atoms with Crippen LogP contribution in [0.1, 0.15) is 79.1 Å². The Balaban J connectivity index is 1.44. The van der Waals surface area contributed by atoms with Gasteiger partial charge in [-0.2, -0.15) is 0 Å². The van der Waals surface area contributed by atoms with Crippen LogP contribution < -0.4 is 5.06 Å². The van der Waals surface area contributed by atoms with Crippen LogP contribution in [0.5, 0.6) is 0 Å². The van der Waals surface area contributed by atoms with Crippen molar-refractivity contribution in [3.63, 3.8) is 0 Å². The first-order valence-corrected chi connectivity index (χ1v) is 12.0. The first-order chi connectivity index (χ1) is 14.7. The van der Waals surface area contributed by atoms with Crippen molar-refractivity contribution in [2.75, 3.05) is 5.06 Å². The predicted octanol–water partition coefficient (Wildman–Crippen LogP) is 5.76. The van der Waals surface area contributed by atoms with E-state index in [4.69, 9.17) is 0 Å². The molecule has 0 bridgehead atoms. The summed E-state index contributed by atoms with van der Waals surface area (Å²) in [5.41, 5.74) is 3.11. The van der Waals surface area contributed by atoms with Crippen LogP contribution in [0.15, 0.2) is 24.8 Å². The van der Waals surface area contributed by atoms with E-state index in [1.165, 1.54) is 49.1 Å². The summed E-state index contributed by atoms with van der Waals surface area (Å²) >= 11 is 0. The van der Waals surface area contributed by atoms with E-state index in [0.717, 1.165) is 31.3 Å². The number of hydrogen-bond acceptors (Lipinski definition) is 5. The molecule has 1 N–H and O–H groups in total. The summed E-state index contributed by atoms with van der Waals surface area (Å²) in [7, 11) is 0. The van der Waals surface area contributed by atoms with Crippen LogP contribution in [0, 0.1) is 22.7 Å². The van der Waals surface area contributed by atoms with Crippen LogP contribution in [0.25, 0.3) is 11.2 Å². The first-order valence-electron chi connectivity index (χ1n) is 12.0. The maximum Gasteiger partial charge on any atom is 0.183 e. The Hall–Kier alpha value is -1.95. The van der Waals surface area contributed by atoms with Crippen LogP contribution in [-0.2, 0) is 6.54 Å². The zero-order chi connectivity index (χ0) is 22.0. The average molecular weight is 424 g/mol. The number of aromatic nitrogens is 4. The molecule has 31 heavy (non-hydrogen) atoms. The maximum absolute atomic E-state index is 11.4. The normalized spacial score (nSPS) is 38.2. The fraction of sp³-hybridized carbons (Fsp3) is 0.720. The van der Waals surface area contributed by atoms with Crippen molar-refractivity contribution in [2.24, 2.45) is 22.7 Å². The molecule has 0 spiro atoms. The molecule has 6 heteroatoms. The number of fused-ring (bicyclic) bond motifs is 1. The third-order valence-electron chi connectivity index (χ3n) is 9.76. The smallest absolute Gasteiger partial charge is 0.183 e.